The van der Waals surface area contributed by atoms with Gasteiger partial charge in [0.25, 0.3) is 0 Å². The van der Waals surface area contributed by atoms with E-state index in [9.17, 15) is 0 Å². The number of thioether (sulfide) groups is 1. The Morgan fingerprint density at radius 2 is 2.27 bits per heavy atom. The summed E-state index contributed by atoms with van der Waals surface area (Å²) in [6.45, 7) is 5.72. The van der Waals surface area contributed by atoms with Crippen LogP contribution < -0.4 is 11.1 Å². The summed E-state index contributed by atoms with van der Waals surface area (Å²) in [5.41, 5.74) is 7.04. The first kappa shape index (κ1) is 10.2. The maximum Gasteiger partial charge on any atom is 0.0323 e. The average Bonchev–Trinajstić information content (AvgIpc) is 1.87. The van der Waals surface area contributed by atoms with Crippen LogP contribution in [-0.4, -0.2) is 6.26 Å². The number of allylic oxidation sites excluding steroid dienone is 2. The van der Waals surface area contributed by atoms with Gasteiger partial charge in [-0.1, -0.05) is 6.58 Å². The molecule has 0 radical (unpaired) electrons. The van der Waals surface area contributed by atoms with Gasteiger partial charge in [-0.15, -0.1) is 11.8 Å². The van der Waals surface area contributed by atoms with Gasteiger partial charge in [-0.3, -0.25) is 0 Å². The Kier molecular flexibility index (Phi) is 5.47. The number of nitrogens with two attached hydrogens (primary N) is 1. The molecule has 0 unspecified atom stereocenters. The van der Waals surface area contributed by atoms with E-state index in [4.69, 9.17) is 5.73 Å². The van der Waals surface area contributed by atoms with Crippen LogP contribution in [0.5, 0.6) is 0 Å². The van der Waals surface area contributed by atoms with E-state index in [1.54, 1.807) is 17.8 Å². The largest absolute Gasteiger partial charge is 0.405 e. The molecule has 0 aromatic rings. The minimum absolute atomic E-state index is 0.801. The minimum atomic E-state index is 0.801. The highest BCUT2D eigenvalue weighted by molar-refractivity contribution is 8.01. The topological polar surface area (TPSA) is 38.0 Å². The standard InChI is InChI=1S/C8H14N2S/c1-7(4-5-9)10-8(2)6-11-3/h4-6,10H,1,9H2,2-3H3/b5-4+,8-6-. The van der Waals surface area contributed by atoms with Crippen molar-refractivity contribution in [1.29, 1.82) is 0 Å². The molecule has 0 amide bonds. The Morgan fingerprint density at radius 1 is 1.64 bits per heavy atom. The first-order valence-electron chi connectivity index (χ1n) is 3.24. The van der Waals surface area contributed by atoms with Gasteiger partial charge in [0.05, 0.1) is 0 Å². The Balaban J connectivity index is 3.85. The zero-order valence-electron chi connectivity index (χ0n) is 6.92. The molecule has 0 rings (SSSR count). The molecule has 62 valence electrons. The molecule has 0 aliphatic rings. The maximum absolute atomic E-state index is 5.17. The van der Waals surface area contributed by atoms with Crippen LogP contribution in [0.4, 0.5) is 0 Å². The van der Waals surface area contributed by atoms with Gasteiger partial charge in [0, 0.05) is 11.4 Å². The van der Waals surface area contributed by atoms with Gasteiger partial charge < -0.3 is 11.1 Å². The van der Waals surface area contributed by atoms with Crippen LogP contribution in [0.15, 0.2) is 35.7 Å². The van der Waals surface area contributed by atoms with Crippen LogP contribution in [0.2, 0.25) is 0 Å². The second-order valence-corrected chi connectivity index (χ2v) is 2.75. The molecule has 11 heavy (non-hydrogen) atoms. The van der Waals surface area contributed by atoms with E-state index < -0.39 is 0 Å². The Labute approximate surface area is 72.2 Å². The first-order valence-corrected chi connectivity index (χ1v) is 4.53. The fourth-order valence-corrected chi connectivity index (χ4v) is 1.03. The van der Waals surface area contributed by atoms with Crippen molar-refractivity contribution in [1.82, 2.24) is 5.32 Å². The first-order chi connectivity index (χ1) is 5.20. The molecule has 0 aromatic heterocycles. The monoisotopic (exact) mass is 170 g/mol. The Morgan fingerprint density at radius 3 is 2.73 bits per heavy atom. The highest BCUT2D eigenvalue weighted by Crippen LogP contribution is 2.00. The van der Waals surface area contributed by atoms with Crippen LogP contribution in [0.25, 0.3) is 0 Å². The van der Waals surface area contributed by atoms with Crippen LogP contribution in [0.3, 0.4) is 0 Å². The van der Waals surface area contributed by atoms with E-state index in [-0.39, 0.29) is 0 Å². The molecule has 0 atom stereocenters. The van der Waals surface area contributed by atoms with Crippen molar-refractivity contribution in [2.45, 2.75) is 6.92 Å². The molecule has 3 N–H and O–H groups in total. The molecule has 0 spiro atoms. The lowest BCUT2D eigenvalue weighted by Crippen LogP contribution is -2.07. The maximum atomic E-state index is 5.17. The van der Waals surface area contributed by atoms with Crippen molar-refractivity contribution >= 4 is 11.8 Å². The van der Waals surface area contributed by atoms with E-state index in [1.807, 2.05) is 18.6 Å². The number of hydrogen-bond acceptors (Lipinski definition) is 3. The Bertz CT molecular complexity index is 183. The molecule has 0 heterocycles. The molecule has 0 aliphatic carbocycles. The molecule has 0 bridgehead atoms. The number of rotatable bonds is 4. The van der Waals surface area contributed by atoms with Crippen molar-refractivity contribution in [2.24, 2.45) is 5.73 Å². The highest BCUT2D eigenvalue weighted by Gasteiger charge is 1.86. The minimum Gasteiger partial charge on any atom is -0.405 e. The van der Waals surface area contributed by atoms with E-state index in [1.165, 1.54) is 6.20 Å². The van der Waals surface area contributed by atoms with Gasteiger partial charge in [-0.2, -0.15) is 0 Å². The summed E-state index contributed by atoms with van der Waals surface area (Å²) in [5, 5.41) is 5.07. The van der Waals surface area contributed by atoms with Crippen molar-refractivity contribution in [3.05, 3.63) is 35.7 Å². The fourth-order valence-electron chi connectivity index (χ4n) is 0.617. The number of nitrogens with one attached hydrogen (secondary N) is 1. The van der Waals surface area contributed by atoms with Crippen LogP contribution in [0, 0.1) is 0 Å². The van der Waals surface area contributed by atoms with Crippen molar-refractivity contribution in [2.75, 3.05) is 6.26 Å². The predicted molar refractivity (Wildman–Crippen MR) is 52.9 cm³/mol. The quantitative estimate of drug-likeness (QED) is 0.632. The van der Waals surface area contributed by atoms with Gasteiger partial charge >= 0.3 is 0 Å². The third-order valence-corrected chi connectivity index (χ3v) is 1.54. The fraction of sp³-hybridized carbons (Fsp3) is 0.250. The van der Waals surface area contributed by atoms with Gasteiger partial charge in [0.2, 0.25) is 0 Å². The summed E-state index contributed by atoms with van der Waals surface area (Å²) in [5.74, 6) is 0. The second kappa shape index (κ2) is 5.92. The lowest BCUT2D eigenvalue weighted by atomic mass is 10.4. The summed E-state index contributed by atoms with van der Waals surface area (Å²) in [7, 11) is 0. The molecule has 0 saturated heterocycles. The van der Waals surface area contributed by atoms with Crippen molar-refractivity contribution in [3.8, 4) is 0 Å². The predicted octanol–water partition coefficient (Wildman–Crippen LogP) is 1.79. The summed E-state index contributed by atoms with van der Waals surface area (Å²) in [4.78, 5) is 0. The molecule has 0 saturated carbocycles. The van der Waals surface area contributed by atoms with E-state index >= 15 is 0 Å². The SMILES string of the molecule is C=C(/C=C/N)N/C(C)=C\SC. The lowest BCUT2D eigenvalue weighted by molar-refractivity contribution is 1.01. The summed E-state index contributed by atoms with van der Waals surface area (Å²) in [6, 6.07) is 0. The Hall–Kier alpha value is -0.830. The van der Waals surface area contributed by atoms with Gasteiger partial charge in [-0.05, 0) is 30.9 Å². The highest BCUT2D eigenvalue weighted by atomic mass is 32.2. The lowest BCUT2D eigenvalue weighted by Gasteiger charge is -2.03. The summed E-state index contributed by atoms with van der Waals surface area (Å²) >= 11 is 1.65. The molecule has 0 aromatic carbocycles. The van der Waals surface area contributed by atoms with E-state index in [0.717, 1.165) is 11.4 Å². The summed E-state index contributed by atoms with van der Waals surface area (Å²) < 4.78 is 0. The van der Waals surface area contributed by atoms with Crippen LogP contribution in [0.1, 0.15) is 6.92 Å². The smallest absolute Gasteiger partial charge is 0.0323 e. The molecular formula is C8H14N2S. The van der Waals surface area contributed by atoms with E-state index in [2.05, 4.69) is 11.9 Å². The summed E-state index contributed by atoms with van der Waals surface area (Å²) in [6.07, 6.45) is 5.19. The molecular weight excluding hydrogens is 156 g/mol. The van der Waals surface area contributed by atoms with Gasteiger partial charge in [0.1, 0.15) is 0 Å². The second-order valence-electron chi connectivity index (χ2n) is 2.05. The van der Waals surface area contributed by atoms with Crippen molar-refractivity contribution in [3.63, 3.8) is 0 Å². The third-order valence-electron chi connectivity index (χ3n) is 0.950. The van der Waals surface area contributed by atoms with E-state index in [0.29, 0.717) is 0 Å². The van der Waals surface area contributed by atoms with Gasteiger partial charge in [-0.25, -0.2) is 0 Å². The molecule has 3 heteroatoms. The third kappa shape index (κ3) is 5.61. The van der Waals surface area contributed by atoms with Crippen molar-refractivity contribution < 1.29 is 0 Å². The van der Waals surface area contributed by atoms with Gasteiger partial charge in [0.15, 0.2) is 0 Å². The number of hydrogen-bond donors (Lipinski definition) is 2. The molecule has 0 fully saturated rings. The zero-order valence-corrected chi connectivity index (χ0v) is 7.74. The zero-order chi connectivity index (χ0) is 8.69. The molecule has 0 aliphatic heterocycles. The van der Waals surface area contributed by atoms with Crippen LogP contribution in [-0.2, 0) is 0 Å². The average molecular weight is 170 g/mol. The van der Waals surface area contributed by atoms with Crippen LogP contribution >= 0.6 is 11.8 Å². The normalized spacial score (nSPS) is 12.0. The molecule has 2 nitrogen and oxygen atoms in total.